The Morgan fingerprint density at radius 2 is 1.28 bits per heavy atom. The molecule has 0 aliphatic carbocycles. The maximum absolute atomic E-state index is 12.4. The van der Waals surface area contributed by atoms with E-state index in [1.165, 1.54) is 33.2 Å². The van der Waals surface area contributed by atoms with E-state index in [9.17, 15) is 13.2 Å². The van der Waals surface area contributed by atoms with Gasteiger partial charge in [0.2, 0.25) is 0 Å². The number of halogens is 3. The summed E-state index contributed by atoms with van der Waals surface area (Å²) in [6, 6.07) is 26.8. The van der Waals surface area contributed by atoms with E-state index in [0.29, 0.717) is 10.9 Å². The normalized spacial score (nSPS) is 11.5. The summed E-state index contributed by atoms with van der Waals surface area (Å²) in [5, 5.41) is 5.84. The van der Waals surface area contributed by atoms with Crippen molar-refractivity contribution < 1.29 is 13.2 Å². The number of pyridine rings is 1. The summed E-state index contributed by atoms with van der Waals surface area (Å²) < 4.78 is 37.3. The third-order valence-electron chi connectivity index (χ3n) is 5.61. The van der Waals surface area contributed by atoms with Crippen LogP contribution in [0.25, 0.3) is 32.4 Å². The van der Waals surface area contributed by atoms with E-state index in [2.05, 4.69) is 66.5 Å². The Kier molecular flexibility index (Phi) is 6.13. The largest absolute Gasteiger partial charge is 0.416 e. The lowest BCUT2D eigenvalue weighted by Crippen LogP contribution is -2.04. The van der Waals surface area contributed by atoms with Crippen LogP contribution in [0.1, 0.15) is 30.7 Å². The van der Waals surface area contributed by atoms with Gasteiger partial charge >= 0.3 is 6.18 Å². The number of hydrogen-bond acceptors (Lipinski definition) is 1. The molecule has 0 atom stereocenters. The summed E-state index contributed by atoms with van der Waals surface area (Å²) in [5.41, 5.74) is 2.26. The van der Waals surface area contributed by atoms with Crippen LogP contribution in [0.2, 0.25) is 0 Å². The van der Waals surface area contributed by atoms with E-state index in [4.69, 9.17) is 0 Å². The quantitative estimate of drug-likeness (QED) is 0.256. The van der Waals surface area contributed by atoms with Gasteiger partial charge in [-0.25, -0.2) is 0 Å². The zero-order chi connectivity index (χ0) is 22.7. The first kappa shape index (κ1) is 21.8. The second-order valence-corrected chi connectivity index (χ2v) is 7.80. The first-order valence-corrected chi connectivity index (χ1v) is 10.8. The molecular weight excluding hydrogens is 407 g/mol. The summed E-state index contributed by atoms with van der Waals surface area (Å²) >= 11 is 0. The first-order valence-electron chi connectivity index (χ1n) is 10.8. The van der Waals surface area contributed by atoms with E-state index < -0.39 is 11.7 Å². The third-order valence-corrected chi connectivity index (χ3v) is 5.61. The number of fused-ring (bicyclic) bond motifs is 3. The van der Waals surface area contributed by atoms with Gasteiger partial charge in [-0.3, -0.25) is 4.98 Å². The Bertz CT molecular complexity index is 1390. The van der Waals surface area contributed by atoms with Crippen molar-refractivity contribution in [1.29, 1.82) is 0 Å². The van der Waals surface area contributed by atoms with Crippen LogP contribution < -0.4 is 0 Å². The van der Waals surface area contributed by atoms with Gasteiger partial charge in [-0.15, -0.1) is 0 Å². The van der Waals surface area contributed by atoms with Gasteiger partial charge < -0.3 is 0 Å². The molecule has 0 saturated heterocycles. The minimum Gasteiger partial charge on any atom is -0.253 e. The van der Waals surface area contributed by atoms with Gasteiger partial charge in [-0.2, -0.15) is 13.2 Å². The standard InChI is InChI=1S/C16H14.C12H10F3N/c1-2-12-7-8-15-10-13-5-3-4-6-14(13)11-16(15)9-12;1-2-10-5-3-8-7-9(12(13,14)15)4-6-11(8)16-10/h3-11H,2H2,1H3;3-7H,2H2,1H3. The van der Waals surface area contributed by atoms with Gasteiger partial charge in [-0.05, 0) is 76.3 Å². The van der Waals surface area contributed by atoms with Crippen molar-refractivity contribution in [3.05, 3.63) is 102 Å². The SMILES string of the molecule is CCc1ccc2cc(C(F)(F)F)ccc2n1.CCc1ccc2cc3ccccc3cc2c1. The first-order chi connectivity index (χ1) is 15.4. The molecule has 0 spiro atoms. The molecule has 0 amide bonds. The number of alkyl halides is 3. The van der Waals surface area contributed by atoms with Gasteiger partial charge in [0.25, 0.3) is 0 Å². The highest BCUT2D eigenvalue weighted by Crippen LogP contribution is 2.31. The van der Waals surface area contributed by atoms with Gasteiger partial charge in [0.1, 0.15) is 0 Å². The van der Waals surface area contributed by atoms with E-state index in [0.717, 1.165) is 30.7 Å². The average Bonchev–Trinajstić information content (AvgIpc) is 2.81. The predicted octanol–water partition coefficient (Wildman–Crippen LogP) is 8.37. The van der Waals surface area contributed by atoms with Gasteiger partial charge in [-0.1, -0.05) is 62.4 Å². The van der Waals surface area contributed by atoms with Crippen molar-refractivity contribution >= 4 is 32.4 Å². The Morgan fingerprint density at radius 3 is 1.94 bits per heavy atom. The number of nitrogens with zero attached hydrogens (tertiary/aromatic N) is 1. The fourth-order valence-corrected chi connectivity index (χ4v) is 3.75. The van der Waals surface area contributed by atoms with Crippen molar-refractivity contribution in [2.45, 2.75) is 32.9 Å². The summed E-state index contributed by atoms with van der Waals surface area (Å²) in [4.78, 5) is 4.25. The maximum Gasteiger partial charge on any atom is 0.416 e. The molecule has 0 radical (unpaired) electrons. The molecule has 1 aromatic heterocycles. The summed E-state index contributed by atoms with van der Waals surface area (Å²) in [7, 11) is 0. The van der Waals surface area contributed by atoms with Crippen molar-refractivity contribution in [2.24, 2.45) is 0 Å². The lowest BCUT2D eigenvalue weighted by molar-refractivity contribution is -0.137. The molecule has 1 heterocycles. The fraction of sp³-hybridized carbons (Fsp3) is 0.179. The molecule has 162 valence electrons. The van der Waals surface area contributed by atoms with E-state index in [1.54, 1.807) is 12.1 Å². The molecule has 0 aliphatic rings. The fourth-order valence-electron chi connectivity index (χ4n) is 3.75. The Hall–Kier alpha value is -3.40. The van der Waals surface area contributed by atoms with Gasteiger partial charge in [0, 0.05) is 11.1 Å². The van der Waals surface area contributed by atoms with Gasteiger partial charge in [0.05, 0.1) is 11.1 Å². The predicted molar refractivity (Wildman–Crippen MR) is 127 cm³/mol. The third kappa shape index (κ3) is 4.75. The molecule has 4 heteroatoms. The highest BCUT2D eigenvalue weighted by molar-refractivity contribution is 5.98. The van der Waals surface area contributed by atoms with Crippen LogP contribution in [0, 0.1) is 0 Å². The second-order valence-electron chi connectivity index (χ2n) is 7.80. The monoisotopic (exact) mass is 431 g/mol. The van der Waals surface area contributed by atoms with Crippen molar-refractivity contribution in [3.8, 4) is 0 Å². The Morgan fingerprint density at radius 1 is 0.625 bits per heavy atom. The lowest BCUT2D eigenvalue weighted by Gasteiger charge is -2.07. The molecule has 0 unspecified atom stereocenters. The number of aromatic nitrogens is 1. The lowest BCUT2D eigenvalue weighted by atomic mass is 10.0. The Labute approximate surface area is 185 Å². The molecular formula is C28H24F3N. The van der Waals surface area contributed by atoms with Crippen LogP contribution in [-0.2, 0) is 19.0 Å². The van der Waals surface area contributed by atoms with Crippen molar-refractivity contribution in [2.75, 3.05) is 0 Å². The second kappa shape index (κ2) is 8.99. The molecule has 4 aromatic carbocycles. The average molecular weight is 432 g/mol. The molecule has 0 bridgehead atoms. The summed E-state index contributed by atoms with van der Waals surface area (Å²) in [6.45, 7) is 4.15. The minimum absolute atomic E-state index is 0.520. The van der Waals surface area contributed by atoms with Crippen LogP contribution >= 0.6 is 0 Å². The van der Waals surface area contributed by atoms with E-state index in [-0.39, 0.29) is 0 Å². The molecule has 0 aliphatic heterocycles. The zero-order valence-electron chi connectivity index (χ0n) is 18.1. The maximum atomic E-state index is 12.4. The van der Waals surface area contributed by atoms with E-state index >= 15 is 0 Å². The number of hydrogen-bond donors (Lipinski definition) is 0. The van der Waals surface area contributed by atoms with Gasteiger partial charge in [0.15, 0.2) is 0 Å². The topological polar surface area (TPSA) is 12.9 Å². The number of benzene rings is 4. The van der Waals surface area contributed by atoms with Crippen LogP contribution in [0.3, 0.4) is 0 Å². The minimum atomic E-state index is -4.29. The van der Waals surface area contributed by atoms with Crippen molar-refractivity contribution in [3.63, 3.8) is 0 Å². The molecule has 32 heavy (non-hydrogen) atoms. The smallest absolute Gasteiger partial charge is 0.253 e. The molecule has 0 N–H and O–H groups in total. The zero-order valence-corrected chi connectivity index (χ0v) is 18.1. The van der Waals surface area contributed by atoms with Crippen molar-refractivity contribution in [1.82, 2.24) is 4.98 Å². The van der Waals surface area contributed by atoms with Crippen LogP contribution in [-0.4, -0.2) is 4.98 Å². The highest BCUT2D eigenvalue weighted by atomic mass is 19.4. The highest BCUT2D eigenvalue weighted by Gasteiger charge is 2.30. The van der Waals surface area contributed by atoms with Crippen LogP contribution in [0.5, 0.6) is 0 Å². The molecule has 5 aromatic rings. The number of aryl methyl sites for hydroxylation is 2. The Balaban J connectivity index is 0.000000153. The molecule has 1 nitrogen and oxygen atoms in total. The summed E-state index contributed by atoms with van der Waals surface area (Å²) in [5.74, 6) is 0. The van der Waals surface area contributed by atoms with Crippen LogP contribution in [0.4, 0.5) is 13.2 Å². The molecule has 5 rings (SSSR count). The van der Waals surface area contributed by atoms with E-state index in [1.807, 2.05) is 6.92 Å². The number of rotatable bonds is 2. The van der Waals surface area contributed by atoms with Crippen LogP contribution in [0.15, 0.2) is 84.9 Å². The molecule has 0 fully saturated rings. The molecule has 0 saturated carbocycles. The summed E-state index contributed by atoms with van der Waals surface area (Å²) in [6.07, 6.45) is -2.42.